The zero-order valence-corrected chi connectivity index (χ0v) is 14.8. The number of carboxylic acids is 1. The quantitative estimate of drug-likeness (QED) is 0.361. The maximum Gasteiger partial charge on any atom is 0.329 e. The van der Waals surface area contributed by atoms with Gasteiger partial charge in [-0.15, -0.1) is 6.42 Å². The molecular formula is C15H16ClN5O6. The van der Waals surface area contributed by atoms with E-state index in [1.807, 2.05) is 0 Å². The Morgan fingerprint density at radius 3 is 2.96 bits per heavy atom. The van der Waals surface area contributed by atoms with E-state index in [0.29, 0.717) is 11.3 Å². The predicted octanol–water partition coefficient (Wildman–Crippen LogP) is -0.755. The smallest absolute Gasteiger partial charge is 0.329 e. The van der Waals surface area contributed by atoms with Crippen LogP contribution in [0.15, 0.2) is 6.33 Å². The molecule has 0 bridgehead atoms. The zero-order chi connectivity index (χ0) is 19.8. The fourth-order valence-electron chi connectivity index (χ4n) is 2.82. The van der Waals surface area contributed by atoms with Crippen molar-refractivity contribution < 1.29 is 29.6 Å². The molecule has 27 heavy (non-hydrogen) atoms. The highest BCUT2D eigenvalue weighted by Crippen LogP contribution is 2.38. The van der Waals surface area contributed by atoms with E-state index in [4.69, 9.17) is 32.6 Å². The number of imidazole rings is 1. The summed E-state index contributed by atoms with van der Waals surface area (Å²) in [5, 5.41) is 32.7. The first-order valence-corrected chi connectivity index (χ1v) is 8.10. The van der Waals surface area contributed by atoms with Gasteiger partial charge in [0.25, 0.3) is 0 Å². The number of rotatable bonds is 6. The summed E-state index contributed by atoms with van der Waals surface area (Å²) in [6.07, 6.45) is 2.81. The Morgan fingerprint density at radius 2 is 2.33 bits per heavy atom. The van der Waals surface area contributed by atoms with E-state index in [2.05, 4.69) is 26.2 Å². The third kappa shape index (κ3) is 3.29. The highest BCUT2D eigenvalue weighted by molar-refractivity contribution is 6.28. The Bertz CT molecular complexity index is 914. The van der Waals surface area contributed by atoms with Gasteiger partial charge in [0.15, 0.2) is 28.8 Å². The van der Waals surface area contributed by atoms with Crippen molar-refractivity contribution in [2.24, 2.45) is 0 Å². The number of aromatic nitrogens is 4. The minimum Gasteiger partial charge on any atom is -0.480 e. The van der Waals surface area contributed by atoms with Crippen LogP contribution in [0, 0.1) is 12.3 Å². The standard InChI is InChI=1S/C15H16ClN5O6/c1-3-15(25)7(4-26-5-8(22)23)27-13(10(15)24)21-6-18-9-11(17-2)19-14(16)20-12(9)21/h1,6-7,10,13,24-25H,4-5H2,2H3,(H,22,23)(H,17,19,20)/t7-,10+,13-,15-/m1/s1. The summed E-state index contributed by atoms with van der Waals surface area (Å²) in [4.78, 5) is 22.9. The number of terminal acetylenes is 1. The molecule has 0 saturated carbocycles. The molecule has 4 atom stereocenters. The number of nitrogens with one attached hydrogen (secondary N) is 1. The Hall–Kier alpha value is -2.49. The first-order valence-electron chi connectivity index (χ1n) is 7.72. The van der Waals surface area contributed by atoms with Crippen molar-refractivity contribution in [1.29, 1.82) is 0 Å². The SMILES string of the molecule is C#C[C@@]1(O)[C@@H](COCC(=O)O)O[C@@H](n2cnc3c(NC)nc(Cl)nc32)[C@@H]1O. The van der Waals surface area contributed by atoms with Gasteiger partial charge >= 0.3 is 5.97 Å². The fraction of sp³-hybridized carbons (Fsp3) is 0.467. The third-order valence-corrected chi connectivity index (χ3v) is 4.32. The zero-order valence-electron chi connectivity index (χ0n) is 14.0. The molecule has 0 aromatic carbocycles. The second kappa shape index (κ2) is 7.26. The van der Waals surface area contributed by atoms with Crippen LogP contribution in [-0.2, 0) is 14.3 Å². The maximum atomic E-state index is 10.6. The van der Waals surface area contributed by atoms with E-state index >= 15 is 0 Å². The number of hydrogen-bond donors (Lipinski definition) is 4. The minimum atomic E-state index is -2.11. The van der Waals surface area contributed by atoms with E-state index in [1.165, 1.54) is 10.9 Å². The lowest BCUT2D eigenvalue weighted by Gasteiger charge is -2.24. The molecule has 11 nitrogen and oxygen atoms in total. The molecule has 0 aliphatic carbocycles. The lowest BCUT2D eigenvalue weighted by atomic mass is 9.93. The van der Waals surface area contributed by atoms with Crippen molar-refractivity contribution in [3.63, 3.8) is 0 Å². The topological polar surface area (TPSA) is 152 Å². The molecule has 2 aromatic heterocycles. The van der Waals surface area contributed by atoms with Crippen LogP contribution in [0.3, 0.4) is 0 Å². The van der Waals surface area contributed by atoms with Gasteiger partial charge in [-0.2, -0.15) is 9.97 Å². The molecular weight excluding hydrogens is 382 g/mol. The molecule has 0 unspecified atom stereocenters. The molecule has 0 amide bonds. The average Bonchev–Trinajstić information content (AvgIpc) is 3.15. The van der Waals surface area contributed by atoms with Crippen molar-refractivity contribution in [2.75, 3.05) is 25.6 Å². The first-order chi connectivity index (χ1) is 12.8. The third-order valence-electron chi connectivity index (χ3n) is 4.15. The summed E-state index contributed by atoms with van der Waals surface area (Å²) in [7, 11) is 1.63. The van der Waals surface area contributed by atoms with Gasteiger partial charge in [0.05, 0.1) is 12.9 Å². The van der Waals surface area contributed by atoms with Crippen molar-refractivity contribution in [3.05, 3.63) is 11.6 Å². The molecule has 0 spiro atoms. The van der Waals surface area contributed by atoms with E-state index in [9.17, 15) is 15.0 Å². The second-order valence-electron chi connectivity index (χ2n) is 5.75. The van der Waals surface area contributed by atoms with Crippen molar-refractivity contribution in [2.45, 2.75) is 24.0 Å². The molecule has 1 saturated heterocycles. The largest absolute Gasteiger partial charge is 0.480 e. The molecule has 3 rings (SSSR count). The number of nitrogens with zero attached hydrogens (tertiary/aromatic N) is 4. The normalized spacial score (nSPS) is 27.6. The number of carbonyl (C=O) groups is 1. The average molecular weight is 398 g/mol. The number of aliphatic carboxylic acids is 1. The van der Waals surface area contributed by atoms with Crippen LogP contribution < -0.4 is 5.32 Å². The van der Waals surface area contributed by atoms with Crippen molar-refractivity contribution >= 4 is 34.6 Å². The number of aliphatic hydroxyl groups is 2. The van der Waals surface area contributed by atoms with E-state index in [1.54, 1.807) is 7.05 Å². The maximum absolute atomic E-state index is 10.6. The Kier molecular flexibility index (Phi) is 5.18. The van der Waals surface area contributed by atoms with Crippen LogP contribution in [0.4, 0.5) is 5.82 Å². The molecule has 0 radical (unpaired) electrons. The van der Waals surface area contributed by atoms with Gasteiger partial charge in [0.1, 0.15) is 18.8 Å². The number of hydrogen-bond acceptors (Lipinski definition) is 9. The summed E-state index contributed by atoms with van der Waals surface area (Å²) < 4.78 is 12.0. The highest BCUT2D eigenvalue weighted by atomic mass is 35.5. The number of carboxylic acid groups (broad SMARTS) is 1. The number of fused-ring (bicyclic) bond motifs is 1. The molecule has 1 aliphatic rings. The molecule has 144 valence electrons. The van der Waals surface area contributed by atoms with E-state index in [-0.39, 0.29) is 17.5 Å². The Morgan fingerprint density at radius 1 is 1.59 bits per heavy atom. The van der Waals surface area contributed by atoms with Gasteiger partial charge in [-0.1, -0.05) is 5.92 Å². The minimum absolute atomic E-state index is 0.0605. The molecule has 1 aliphatic heterocycles. The summed E-state index contributed by atoms with van der Waals surface area (Å²) in [6.45, 7) is -0.950. The lowest BCUT2D eigenvalue weighted by Crippen LogP contribution is -2.48. The number of halogens is 1. The van der Waals surface area contributed by atoms with Gasteiger partial charge in [0, 0.05) is 7.05 Å². The molecule has 12 heteroatoms. The number of ether oxygens (including phenoxy) is 2. The number of aliphatic hydroxyl groups excluding tert-OH is 1. The van der Waals surface area contributed by atoms with E-state index < -0.39 is 36.6 Å². The van der Waals surface area contributed by atoms with Crippen molar-refractivity contribution in [3.8, 4) is 12.3 Å². The molecule has 4 N–H and O–H groups in total. The van der Waals surface area contributed by atoms with Crippen LogP contribution >= 0.6 is 11.6 Å². The lowest BCUT2D eigenvalue weighted by molar-refractivity contribution is -0.145. The van der Waals surface area contributed by atoms with Crippen molar-refractivity contribution in [1.82, 2.24) is 19.5 Å². The van der Waals surface area contributed by atoms with Gasteiger partial charge in [-0.05, 0) is 11.6 Å². The molecule has 3 heterocycles. The Labute approximate surface area is 157 Å². The first kappa shape index (κ1) is 19.3. The van der Waals surface area contributed by atoms with Crippen LogP contribution in [0.5, 0.6) is 0 Å². The van der Waals surface area contributed by atoms with Gasteiger partial charge in [-0.25, -0.2) is 9.78 Å². The van der Waals surface area contributed by atoms with Crippen LogP contribution in [0.1, 0.15) is 6.23 Å². The van der Waals surface area contributed by atoms with Crippen LogP contribution in [0.2, 0.25) is 5.28 Å². The molecule has 1 fully saturated rings. The highest BCUT2D eigenvalue weighted by Gasteiger charge is 2.55. The van der Waals surface area contributed by atoms with E-state index in [0.717, 1.165) is 0 Å². The summed E-state index contributed by atoms with van der Waals surface area (Å²) in [5.74, 6) is 1.27. The second-order valence-corrected chi connectivity index (χ2v) is 6.09. The summed E-state index contributed by atoms with van der Waals surface area (Å²) >= 11 is 5.92. The van der Waals surface area contributed by atoms with Crippen LogP contribution in [-0.4, -0.2) is 78.9 Å². The van der Waals surface area contributed by atoms with Gasteiger partial charge < -0.3 is 30.1 Å². The fourth-order valence-corrected chi connectivity index (χ4v) is 2.98. The number of anilines is 1. The van der Waals surface area contributed by atoms with Crippen LogP contribution in [0.25, 0.3) is 11.2 Å². The predicted molar refractivity (Wildman–Crippen MR) is 92.0 cm³/mol. The van der Waals surface area contributed by atoms with Gasteiger partial charge in [-0.3, -0.25) is 4.57 Å². The monoisotopic (exact) mass is 397 g/mol. The summed E-state index contributed by atoms with van der Waals surface area (Å²) in [5.41, 5.74) is -1.50. The molecule has 2 aromatic rings. The van der Waals surface area contributed by atoms with Gasteiger partial charge in [0.2, 0.25) is 5.28 Å². The summed E-state index contributed by atoms with van der Waals surface area (Å²) in [6, 6.07) is 0. The Balaban J connectivity index is 1.95.